The molecule has 1 aromatic heterocycles. The molecule has 0 fully saturated rings. The van der Waals surface area contributed by atoms with E-state index < -0.39 is 0 Å². The molecule has 3 heteroatoms. The quantitative estimate of drug-likeness (QED) is 0.653. The summed E-state index contributed by atoms with van der Waals surface area (Å²) in [5.74, 6) is 0. The van der Waals surface area contributed by atoms with Gasteiger partial charge in [-0.1, -0.05) is 18.4 Å². The predicted molar refractivity (Wildman–Crippen MR) is 45.9 cm³/mol. The first-order valence-electron chi connectivity index (χ1n) is 3.51. The lowest BCUT2D eigenvalue weighted by atomic mass is 10.3. The summed E-state index contributed by atoms with van der Waals surface area (Å²) in [6.07, 6.45) is 3.41. The molecule has 0 bridgehead atoms. The third kappa shape index (κ3) is 1.22. The van der Waals surface area contributed by atoms with Gasteiger partial charge in [-0.15, -0.1) is 5.10 Å². The average molecular weight is 149 g/mol. The van der Waals surface area contributed by atoms with Crippen LogP contribution in [0.3, 0.4) is 0 Å². The van der Waals surface area contributed by atoms with Crippen LogP contribution in [0.4, 0.5) is 0 Å². The number of hydrogen-bond acceptors (Lipinski definition) is 2. The lowest BCUT2D eigenvalue weighted by Crippen LogP contribution is -1.98. The molecule has 58 valence electrons. The molecule has 0 radical (unpaired) electrons. The van der Waals surface area contributed by atoms with Crippen LogP contribution in [0.15, 0.2) is 13.2 Å². The van der Waals surface area contributed by atoms with Gasteiger partial charge in [-0.3, -0.25) is 0 Å². The summed E-state index contributed by atoms with van der Waals surface area (Å²) in [4.78, 5) is 0. The van der Waals surface area contributed by atoms with Crippen molar-refractivity contribution < 1.29 is 0 Å². The first-order valence-corrected chi connectivity index (χ1v) is 3.51. The monoisotopic (exact) mass is 149 g/mol. The Labute approximate surface area is 66.0 Å². The normalized spacial score (nSPS) is 9.55. The Bertz CT molecular complexity index is 273. The molecule has 0 unspecified atom stereocenters. The van der Waals surface area contributed by atoms with Crippen molar-refractivity contribution in [1.82, 2.24) is 15.0 Å². The lowest BCUT2D eigenvalue weighted by molar-refractivity contribution is 0.622. The molecule has 11 heavy (non-hydrogen) atoms. The molecule has 0 aliphatic rings. The Kier molecular flexibility index (Phi) is 2.21. The van der Waals surface area contributed by atoms with Crippen molar-refractivity contribution in [3.63, 3.8) is 0 Å². The molecule has 0 spiro atoms. The summed E-state index contributed by atoms with van der Waals surface area (Å²) in [6, 6.07) is 0. The summed E-state index contributed by atoms with van der Waals surface area (Å²) in [5.41, 5.74) is 1.73. The van der Waals surface area contributed by atoms with Crippen LogP contribution in [0, 0.1) is 0 Å². The highest BCUT2D eigenvalue weighted by Gasteiger charge is 2.03. The maximum Gasteiger partial charge on any atom is 0.112 e. The molecule has 0 N–H and O–H groups in total. The molecule has 0 aromatic carbocycles. The first-order chi connectivity index (χ1) is 5.33. The van der Waals surface area contributed by atoms with Crippen LogP contribution in [-0.2, 0) is 6.54 Å². The van der Waals surface area contributed by atoms with Gasteiger partial charge < -0.3 is 0 Å². The van der Waals surface area contributed by atoms with Crippen LogP contribution >= 0.6 is 0 Å². The fraction of sp³-hybridized carbons (Fsp3) is 0.250. The zero-order valence-electron chi connectivity index (χ0n) is 6.62. The number of aryl methyl sites for hydroxylation is 1. The van der Waals surface area contributed by atoms with E-state index in [9.17, 15) is 0 Å². The van der Waals surface area contributed by atoms with E-state index in [0.29, 0.717) is 0 Å². The molecular formula is C8H11N3. The Balaban J connectivity index is 3.18. The summed E-state index contributed by atoms with van der Waals surface area (Å²) in [6.45, 7) is 10.1. The Morgan fingerprint density at radius 3 is 2.64 bits per heavy atom. The molecule has 3 nitrogen and oxygen atoms in total. The maximum absolute atomic E-state index is 3.90. The molecule has 0 saturated carbocycles. The van der Waals surface area contributed by atoms with Crippen molar-refractivity contribution in [2.45, 2.75) is 13.5 Å². The first kappa shape index (κ1) is 7.72. The molecule has 0 amide bonds. The molecule has 0 atom stereocenters. The highest BCUT2D eigenvalue weighted by molar-refractivity contribution is 5.56. The van der Waals surface area contributed by atoms with Gasteiger partial charge in [-0.25, -0.2) is 4.68 Å². The zero-order valence-corrected chi connectivity index (χ0v) is 6.62. The topological polar surface area (TPSA) is 30.7 Å². The lowest BCUT2D eigenvalue weighted by Gasteiger charge is -1.96. The van der Waals surface area contributed by atoms with Gasteiger partial charge in [0.2, 0.25) is 0 Å². The van der Waals surface area contributed by atoms with E-state index in [0.717, 1.165) is 17.9 Å². The minimum absolute atomic E-state index is 0.793. The van der Waals surface area contributed by atoms with Crippen LogP contribution in [0.2, 0.25) is 0 Å². The van der Waals surface area contributed by atoms with Crippen molar-refractivity contribution in [3.05, 3.63) is 24.5 Å². The molecule has 1 heterocycles. The summed E-state index contributed by atoms with van der Waals surface area (Å²) < 4.78 is 1.78. The third-order valence-corrected chi connectivity index (χ3v) is 1.49. The number of aromatic nitrogens is 3. The van der Waals surface area contributed by atoms with Gasteiger partial charge in [-0.2, -0.15) is 0 Å². The third-order valence-electron chi connectivity index (χ3n) is 1.49. The van der Waals surface area contributed by atoms with Crippen LogP contribution in [-0.4, -0.2) is 15.0 Å². The van der Waals surface area contributed by atoms with Crippen LogP contribution in [0.5, 0.6) is 0 Å². The summed E-state index contributed by atoms with van der Waals surface area (Å²) >= 11 is 0. The van der Waals surface area contributed by atoms with Gasteiger partial charge in [-0.05, 0) is 19.1 Å². The van der Waals surface area contributed by atoms with Crippen molar-refractivity contribution >= 4 is 12.2 Å². The van der Waals surface area contributed by atoms with Gasteiger partial charge in [0.15, 0.2) is 0 Å². The number of nitrogens with zero attached hydrogens (tertiary/aromatic N) is 3. The molecule has 0 saturated heterocycles. The van der Waals surface area contributed by atoms with E-state index in [1.807, 2.05) is 6.92 Å². The Hall–Kier alpha value is -1.38. The molecule has 1 rings (SSSR count). The fourth-order valence-electron chi connectivity index (χ4n) is 0.923. The van der Waals surface area contributed by atoms with Gasteiger partial charge >= 0.3 is 0 Å². The minimum atomic E-state index is 0.793. The largest absolute Gasteiger partial charge is 0.245 e. The number of rotatable bonds is 3. The van der Waals surface area contributed by atoms with Crippen molar-refractivity contribution in [2.24, 2.45) is 0 Å². The van der Waals surface area contributed by atoms with E-state index in [1.165, 1.54) is 0 Å². The average Bonchev–Trinajstić information content (AvgIpc) is 2.45. The van der Waals surface area contributed by atoms with Crippen molar-refractivity contribution in [2.75, 3.05) is 0 Å². The Morgan fingerprint density at radius 2 is 2.18 bits per heavy atom. The van der Waals surface area contributed by atoms with Crippen LogP contribution in [0.25, 0.3) is 12.2 Å². The smallest absolute Gasteiger partial charge is 0.112 e. The van der Waals surface area contributed by atoms with Crippen LogP contribution in [0.1, 0.15) is 18.3 Å². The van der Waals surface area contributed by atoms with Crippen LogP contribution < -0.4 is 0 Å². The van der Waals surface area contributed by atoms with Gasteiger partial charge in [0.25, 0.3) is 0 Å². The van der Waals surface area contributed by atoms with Gasteiger partial charge in [0.1, 0.15) is 5.69 Å². The summed E-state index contributed by atoms with van der Waals surface area (Å²) in [7, 11) is 0. The highest BCUT2D eigenvalue weighted by atomic mass is 15.4. The van der Waals surface area contributed by atoms with E-state index in [1.54, 1.807) is 16.8 Å². The van der Waals surface area contributed by atoms with E-state index in [-0.39, 0.29) is 0 Å². The Morgan fingerprint density at radius 1 is 1.45 bits per heavy atom. The number of hydrogen-bond donors (Lipinski definition) is 0. The second kappa shape index (κ2) is 3.14. The molecule has 0 aliphatic carbocycles. The molecule has 0 aliphatic heterocycles. The van der Waals surface area contributed by atoms with E-state index in [4.69, 9.17) is 0 Å². The maximum atomic E-state index is 3.90. The molecular weight excluding hydrogens is 138 g/mol. The van der Waals surface area contributed by atoms with E-state index >= 15 is 0 Å². The minimum Gasteiger partial charge on any atom is -0.245 e. The fourth-order valence-corrected chi connectivity index (χ4v) is 0.923. The SMILES string of the molecule is C=Cc1nnn(CC)c1C=C. The molecule has 1 aromatic rings. The zero-order chi connectivity index (χ0) is 8.27. The second-order valence-electron chi connectivity index (χ2n) is 2.08. The van der Waals surface area contributed by atoms with Gasteiger partial charge in [0, 0.05) is 6.54 Å². The van der Waals surface area contributed by atoms with Crippen molar-refractivity contribution in [1.29, 1.82) is 0 Å². The summed E-state index contributed by atoms with van der Waals surface area (Å²) in [5, 5.41) is 7.80. The van der Waals surface area contributed by atoms with Gasteiger partial charge in [0.05, 0.1) is 5.69 Å². The van der Waals surface area contributed by atoms with E-state index in [2.05, 4.69) is 23.5 Å². The standard InChI is InChI=1S/C8H11N3/c1-4-7-8(5-2)11(6-3)10-9-7/h4-5H,1-2,6H2,3H3. The van der Waals surface area contributed by atoms with Crippen molar-refractivity contribution in [3.8, 4) is 0 Å². The highest BCUT2D eigenvalue weighted by Crippen LogP contribution is 2.07. The second-order valence-corrected chi connectivity index (χ2v) is 2.08. The predicted octanol–water partition coefficient (Wildman–Crippen LogP) is 1.58.